The van der Waals surface area contributed by atoms with E-state index in [4.69, 9.17) is 11.2 Å². The van der Waals surface area contributed by atoms with E-state index < -0.39 is 0 Å². The average molecular weight is 822 g/mol. The van der Waals surface area contributed by atoms with Gasteiger partial charge in [-0.2, -0.15) is 4.58 Å². The highest BCUT2D eigenvalue weighted by Crippen LogP contribution is 2.47. The van der Waals surface area contributed by atoms with Gasteiger partial charge in [-0.25, -0.2) is 0 Å². The van der Waals surface area contributed by atoms with E-state index in [9.17, 15) is 14.4 Å². The third-order valence-electron chi connectivity index (χ3n) is 11.7. The van der Waals surface area contributed by atoms with E-state index in [-0.39, 0.29) is 35.2 Å². The van der Waals surface area contributed by atoms with Crippen LogP contribution in [0.1, 0.15) is 103 Å². The lowest BCUT2D eigenvalue weighted by atomic mass is 9.81. The van der Waals surface area contributed by atoms with Crippen LogP contribution in [0.25, 0.3) is 0 Å². The lowest BCUT2D eigenvalue weighted by Crippen LogP contribution is -2.34. The fourth-order valence-electron chi connectivity index (χ4n) is 8.38. The number of esters is 1. The molecule has 0 unspecified atom stereocenters. The molecular weight excluding hydrogens is 757 g/mol. The van der Waals surface area contributed by atoms with E-state index in [0.717, 1.165) is 57.2 Å². The van der Waals surface area contributed by atoms with Crippen LogP contribution >= 0.6 is 0 Å². The van der Waals surface area contributed by atoms with Crippen molar-refractivity contribution in [2.45, 2.75) is 103 Å². The zero-order chi connectivity index (χ0) is 43.5. The topological polar surface area (TPSA) is 90.8 Å². The highest BCUT2D eigenvalue weighted by molar-refractivity contribution is 6.03. The molecule has 61 heavy (non-hydrogen) atoms. The average Bonchev–Trinajstić information content (AvgIpc) is 3.58. The summed E-state index contributed by atoms with van der Waals surface area (Å²) in [4.78, 5) is 39.2. The van der Waals surface area contributed by atoms with E-state index in [2.05, 4.69) is 133 Å². The fourth-order valence-corrected chi connectivity index (χ4v) is 8.38. The number of anilines is 1. The number of hydrogen-bond acceptors (Lipinski definition) is 5. The quantitative estimate of drug-likeness (QED) is 0.0406. The minimum absolute atomic E-state index is 0.0123. The predicted octanol–water partition coefficient (Wildman–Crippen LogP) is 9.78. The van der Waals surface area contributed by atoms with Gasteiger partial charge in [0, 0.05) is 79.8 Å². The van der Waals surface area contributed by atoms with Gasteiger partial charge < -0.3 is 20.3 Å². The number of nitrogens with one attached hydrogen (secondary N) is 2. The van der Waals surface area contributed by atoms with Crippen LogP contribution < -0.4 is 15.5 Å². The van der Waals surface area contributed by atoms with Crippen molar-refractivity contribution in [2.24, 2.45) is 0 Å². The van der Waals surface area contributed by atoms with Gasteiger partial charge in [-0.3, -0.25) is 14.4 Å². The molecule has 320 valence electrons. The second-order valence-corrected chi connectivity index (χ2v) is 16.8. The number of allylic oxidation sites excluding steroid dienone is 14. The molecule has 0 saturated heterocycles. The third kappa shape index (κ3) is 13.0. The van der Waals surface area contributed by atoms with Crippen LogP contribution in [-0.2, 0) is 30.0 Å². The summed E-state index contributed by atoms with van der Waals surface area (Å²) in [5, 5.41) is 5.88. The van der Waals surface area contributed by atoms with Crippen molar-refractivity contribution >= 4 is 34.9 Å². The molecule has 5 rings (SSSR count). The molecule has 0 aromatic heterocycles. The molecule has 2 amide bonds. The molecular formula is C53H65N4O4+. The van der Waals surface area contributed by atoms with Gasteiger partial charge in [0.2, 0.25) is 17.5 Å². The standard InChI is InChI=1S/C53H64N4O4/c1-6-41-61-51(60)34-18-12-24-40-57-46-30-22-20-28-44(46)53(4,5)48(57)32-16-10-15-31-47-52(2,3)43-27-19-21-29-45(43)56(47)39-23-11-17-33-49(58)54-37-38-55-50(59)36-35-42-25-13-8-7-9-14-26-42/h1,7-10,13-16,19-22,25-32H,11-12,17-18,23-24,33-41H2,2-5H3,(H-,54,55,58,59)/p+1/b8-7-,9-7?,13-8?,14-9-,25-13-,26-14?,42-25?,42-26+. The first-order chi connectivity index (χ1) is 29.5. The monoisotopic (exact) mass is 822 g/mol. The summed E-state index contributed by atoms with van der Waals surface area (Å²) in [7, 11) is 0. The first-order valence-corrected chi connectivity index (χ1v) is 22.0. The lowest BCUT2D eigenvalue weighted by Gasteiger charge is -2.27. The van der Waals surface area contributed by atoms with Crippen molar-refractivity contribution in [3.8, 4) is 12.3 Å². The molecule has 8 nitrogen and oxygen atoms in total. The molecule has 0 spiro atoms. The summed E-state index contributed by atoms with van der Waals surface area (Å²) in [5.41, 5.74) is 8.45. The molecule has 0 saturated carbocycles. The lowest BCUT2D eigenvalue weighted by molar-refractivity contribution is -0.438. The van der Waals surface area contributed by atoms with Gasteiger partial charge in [0.25, 0.3) is 0 Å². The zero-order valence-corrected chi connectivity index (χ0v) is 36.8. The van der Waals surface area contributed by atoms with Crippen molar-refractivity contribution in [1.29, 1.82) is 0 Å². The normalized spacial score (nSPS) is 19.1. The Morgan fingerprint density at radius 2 is 1.44 bits per heavy atom. The van der Waals surface area contributed by atoms with Crippen molar-refractivity contribution in [3.05, 3.63) is 144 Å². The first-order valence-electron chi connectivity index (χ1n) is 22.0. The number of hydrogen-bond donors (Lipinski definition) is 2. The summed E-state index contributed by atoms with van der Waals surface area (Å²) >= 11 is 0. The number of fused-ring (bicyclic) bond motifs is 2. The Balaban J connectivity index is 1.12. The summed E-state index contributed by atoms with van der Waals surface area (Å²) in [5.74, 6) is 2.12. The van der Waals surface area contributed by atoms with Crippen molar-refractivity contribution in [2.75, 3.05) is 37.7 Å². The van der Waals surface area contributed by atoms with Crippen LogP contribution in [0.5, 0.6) is 0 Å². The van der Waals surface area contributed by atoms with E-state index in [1.807, 2.05) is 42.5 Å². The summed E-state index contributed by atoms with van der Waals surface area (Å²) in [6, 6.07) is 17.3. The van der Waals surface area contributed by atoms with Gasteiger partial charge in [-0.05, 0) is 69.2 Å². The molecule has 2 heterocycles. The number of unbranched alkanes of at least 4 members (excludes halogenated alkanes) is 4. The maximum absolute atomic E-state index is 12.6. The van der Waals surface area contributed by atoms with Crippen molar-refractivity contribution in [3.63, 3.8) is 0 Å². The molecule has 2 N–H and O–H groups in total. The van der Waals surface area contributed by atoms with Crippen LogP contribution in [0.4, 0.5) is 11.4 Å². The van der Waals surface area contributed by atoms with E-state index in [1.54, 1.807) is 0 Å². The molecule has 0 atom stereocenters. The second kappa shape index (κ2) is 23.2. The van der Waals surface area contributed by atoms with Gasteiger partial charge in [-0.1, -0.05) is 123 Å². The van der Waals surface area contributed by atoms with Crippen LogP contribution in [0.3, 0.4) is 0 Å². The van der Waals surface area contributed by atoms with Gasteiger partial charge in [0.1, 0.15) is 6.54 Å². The van der Waals surface area contributed by atoms with Crippen LogP contribution in [0.15, 0.2) is 133 Å². The molecule has 3 aliphatic rings. The number of amides is 2. The Bertz CT molecular complexity index is 2150. The predicted molar refractivity (Wildman–Crippen MR) is 250 cm³/mol. The van der Waals surface area contributed by atoms with Crippen LogP contribution in [0.2, 0.25) is 0 Å². The number of terminal acetylenes is 1. The number of carbonyl (C=O) groups is 3. The Kier molecular flexibility index (Phi) is 17.5. The molecule has 2 aliphatic heterocycles. The van der Waals surface area contributed by atoms with E-state index >= 15 is 0 Å². The highest BCUT2D eigenvalue weighted by atomic mass is 16.5. The Morgan fingerprint density at radius 1 is 0.754 bits per heavy atom. The summed E-state index contributed by atoms with van der Waals surface area (Å²) in [6.07, 6.45) is 37.4. The minimum Gasteiger partial charge on any atom is -0.452 e. The Morgan fingerprint density at radius 3 is 2.25 bits per heavy atom. The van der Waals surface area contributed by atoms with E-state index in [1.165, 1.54) is 33.9 Å². The molecule has 8 heteroatoms. The molecule has 0 bridgehead atoms. The van der Waals surface area contributed by atoms with Gasteiger partial charge in [0.15, 0.2) is 12.3 Å². The number of para-hydroxylation sites is 2. The molecule has 1 aliphatic carbocycles. The SMILES string of the molecule is C#CCOC(=O)CCCCCN1C(=CC=CC=CC2=[N+](CCCCCC(=O)NCCNC(=O)CCC3=C/C=C\C=C/C=C\3)c3ccccc3C2(C)C)C(C)(C)c2ccccc21. The smallest absolute Gasteiger partial charge is 0.306 e. The maximum atomic E-state index is 12.6. The molecule has 2 aromatic carbocycles. The summed E-state index contributed by atoms with van der Waals surface area (Å²) < 4.78 is 7.48. The molecule has 0 fully saturated rings. The summed E-state index contributed by atoms with van der Waals surface area (Å²) in [6.45, 7) is 11.8. The first kappa shape index (κ1) is 46.1. The van der Waals surface area contributed by atoms with Crippen LogP contribution in [-0.4, -0.2) is 60.9 Å². The number of nitrogens with zero attached hydrogens (tertiary/aromatic N) is 2. The zero-order valence-electron chi connectivity index (χ0n) is 36.8. The number of benzene rings is 2. The van der Waals surface area contributed by atoms with Crippen molar-refractivity contribution < 1.29 is 23.7 Å². The Labute approximate surface area is 364 Å². The minimum atomic E-state index is -0.233. The number of rotatable bonds is 22. The number of ether oxygens (including phenoxy) is 1. The number of carbonyl (C=O) groups excluding carboxylic acids is 3. The van der Waals surface area contributed by atoms with E-state index in [0.29, 0.717) is 38.8 Å². The largest absolute Gasteiger partial charge is 0.452 e. The van der Waals surface area contributed by atoms with Gasteiger partial charge in [-0.15, -0.1) is 6.42 Å². The fraction of sp³-hybridized carbons (Fsp3) is 0.396. The van der Waals surface area contributed by atoms with Crippen LogP contribution in [0, 0.1) is 12.3 Å². The van der Waals surface area contributed by atoms with Gasteiger partial charge >= 0.3 is 5.97 Å². The third-order valence-corrected chi connectivity index (χ3v) is 11.7. The second-order valence-electron chi connectivity index (χ2n) is 16.8. The maximum Gasteiger partial charge on any atom is 0.306 e. The molecule has 0 radical (unpaired) electrons. The molecule has 2 aromatic rings. The van der Waals surface area contributed by atoms with Crippen molar-refractivity contribution in [1.82, 2.24) is 10.6 Å². The highest BCUT2D eigenvalue weighted by Gasteiger charge is 2.44. The van der Waals surface area contributed by atoms with Gasteiger partial charge in [0.05, 0.1) is 5.41 Å². The Hall–Kier alpha value is -5.94.